The van der Waals surface area contributed by atoms with Crippen molar-refractivity contribution >= 4 is 46.6 Å². The average Bonchev–Trinajstić information content (AvgIpc) is 2.87. The first-order valence-corrected chi connectivity index (χ1v) is 8.85. The van der Waals surface area contributed by atoms with Crippen LogP contribution in [-0.2, 0) is 16.1 Å². The number of nitrogens with one attached hydrogen (secondary N) is 1. The molecule has 0 bridgehead atoms. The Hall–Kier alpha value is -2.41. The zero-order valence-electron chi connectivity index (χ0n) is 14.6. The molecule has 1 heterocycles. The summed E-state index contributed by atoms with van der Waals surface area (Å²) >= 11 is 11.9. The summed E-state index contributed by atoms with van der Waals surface area (Å²) in [6.45, 7) is 1.80. The largest absolute Gasteiger partial charge is 0.380 e. The molecule has 0 fully saturated rings. The number of nitrogens with zero attached hydrogens (tertiary/aromatic N) is 1. The van der Waals surface area contributed by atoms with E-state index in [0.29, 0.717) is 12.3 Å². The van der Waals surface area contributed by atoms with Gasteiger partial charge in [-0.2, -0.15) is 0 Å². The van der Waals surface area contributed by atoms with Crippen molar-refractivity contribution in [1.29, 1.82) is 0 Å². The van der Waals surface area contributed by atoms with E-state index in [-0.39, 0.29) is 21.2 Å². The van der Waals surface area contributed by atoms with Gasteiger partial charge in [0.25, 0.3) is 11.8 Å². The Labute approximate surface area is 166 Å². The standard InChI is InChI=1S/C19H16Cl2N2O4/c1-10(17(24)22-16-6-4-3-5-11(16)9-27-2)23-18(25)12-7-14(20)15(21)8-13(12)19(23)26/h3-8,10H,9H2,1-2H3,(H,22,24). The Morgan fingerprint density at radius 2 is 1.67 bits per heavy atom. The van der Waals surface area contributed by atoms with Crippen LogP contribution < -0.4 is 5.32 Å². The molecule has 0 spiro atoms. The second kappa shape index (κ2) is 7.68. The number of hydrogen-bond donors (Lipinski definition) is 1. The highest BCUT2D eigenvalue weighted by Gasteiger charge is 2.41. The summed E-state index contributed by atoms with van der Waals surface area (Å²) in [7, 11) is 1.55. The van der Waals surface area contributed by atoms with Gasteiger partial charge in [-0.15, -0.1) is 0 Å². The van der Waals surface area contributed by atoms with Crippen molar-refractivity contribution < 1.29 is 19.1 Å². The molecule has 1 aliphatic heterocycles. The van der Waals surface area contributed by atoms with Crippen LogP contribution in [0.2, 0.25) is 10.0 Å². The maximum Gasteiger partial charge on any atom is 0.262 e. The molecule has 0 aliphatic carbocycles. The summed E-state index contributed by atoms with van der Waals surface area (Å²) in [5.41, 5.74) is 1.60. The van der Waals surface area contributed by atoms with Gasteiger partial charge in [0.05, 0.1) is 27.8 Å². The van der Waals surface area contributed by atoms with Crippen molar-refractivity contribution in [1.82, 2.24) is 4.90 Å². The number of benzene rings is 2. The quantitative estimate of drug-likeness (QED) is 0.766. The third-order valence-corrected chi connectivity index (χ3v) is 5.02. The number of methoxy groups -OCH3 is 1. The highest BCUT2D eigenvalue weighted by molar-refractivity contribution is 6.43. The fraction of sp³-hybridized carbons (Fsp3) is 0.211. The van der Waals surface area contributed by atoms with Crippen molar-refractivity contribution in [3.63, 3.8) is 0 Å². The summed E-state index contributed by atoms with van der Waals surface area (Å²) in [4.78, 5) is 38.9. The molecule has 0 saturated carbocycles. The smallest absolute Gasteiger partial charge is 0.262 e. The minimum atomic E-state index is -1.02. The number of halogens is 2. The zero-order valence-corrected chi connectivity index (χ0v) is 16.1. The van der Waals surface area contributed by atoms with Crippen LogP contribution in [0.5, 0.6) is 0 Å². The van der Waals surface area contributed by atoms with E-state index in [0.717, 1.165) is 10.5 Å². The van der Waals surface area contributed by atoms with E-state index in [4.69, 9.17) is 27.9 Å². The van der Waals surface area contributed by atoms with E-state index in [1.54, 1.807) is 19.2 Å². The minimum Gasteiger partial charge on any atom is -0.380 e. The Morgan fingerprint density at radius 1 is 1.11 bits per heavy atom. The number of ether oxygens (including phenoxy) is 1. The molecule has 0 saturated heterocycles. The molecular formula is C19H16Cl2N2O4. The van der Waals surface area contributed by atoms with E-state index in [1.807, 2.05) is 12.1 Å². The number of fused-ring (bicyclic) bond motifs is 1. The normalized spacial score (nSPS) is 14.3. The lowest BCUT2D eigenvalue weighted by Gasteiger charge is -2.22. The predicted octanol–water partition coefficient (Wildman–Crippen LogP) is 3.76. The van der Waals surface area contributed by atoms with Gasteiger partial charge in [-0.05, 0) is 25.1 Å². The maximum atomic E-state index is 12.7. The van der Waals surface area contributed by atoms with Gasteiger partial charge in [0.15, 0.2) is 0 Å². The van der Waals surface area contributed by atoms with E-state index < -0.39 is 23.8 Å². The van der Waals surface area contributed by atoms with Crippen LogP contribution in [-0.4, -0.2) is 35.8 Å². The first-order chi connectivity index (χ1) is 12.8. The Kier molecular flexibility index (Phi) is 5.51. The summed E-state index contributed by atoms with van der Waals surface area (Å²) in [6, 6.07) is 8.80. The van der Waals surface area contributed by atoms with Crippen molar-refractivity contribution in [2.75, 3.05) is 12.4 Å². The van der Waals surface area contributed by atoms with E-state index in [9.17, 15) is 14.4 Å². The molecule has 3 amide bonds. The monoisotopic (exact) mass is 406 g/mol. The molecule has 1 atom stereocenters. The van der Waals surface area contributed by atoms with Gasteiger partial charge in [0, 0.05) is 18.4 Å². The van der Waals surface area contributed by atoms with Gasteiger partial charge >= 0.3 is 0 Å². The van der Waals surface area contributed by atoms with Crippen LogP contribution >= 0.6 is 23.2 Å². The van der Waals surface area contributed by atoms with Crippen molar-refractivity contribution in [2.45, 2.75) is 19.6 Å². The lowest BCUT2D eigenvalue weighted by Crippen LogP contribution is -2.45. The third-order valence-electron chi connectivity index (χ3n) is 4.30. The van der Waals surface area contributed by atoms with Crippen LogP contribution in [0.4, 0.5) is 5.69 Å². The second-order valence-corrected chi connectivity index (χ2v) is 6.86. The molecule has 0 radical (unpaired) electrons. The summed E-state index contributed by atoms with van der Waals surface area (Å²) < 4.78 is 5.11. The number of para-hydroxylation sites is 1. The van der Waals surface area contributed by atoms with Gasteiger partial charge in [0.1, 0.15) is 6.04 Å². The van der Waals surface area contributed by atoms with Gasteiger partial charge in [-0.3, -0.25) is 19.3 Å². The van der Waals surface area contributed by atoms with Crippen molar-refractivity contribution in [2.24, 2.45) is 0 Å². The molecule has 8 heteroatoms. The van der Waals surface area contributed by atoms with Crippen LogP contribution in [0.3, 0.4) is 0 Å². The van der Waals surface area contributed by atoms with Crippen LogP contribution in [0.15, 0.2) is 36.4 Å². The average molecular weight is 407 g/mol. The van der Waals surface area contributed by atoms with Crippen LogP contribution in [0.25, 0.3) is 0 Å². The molecule has 2 aromatic rings. The molecule has 0 aromatic heterocycles. The van der Waals surface area contributed by atoms with Crippen molar-refractivity contribution in [3.8, 4) is 0 Å². The topological polar surface area (TPSA) is 75.7 Å². The SMILES string of the molecule is COCc1ccccc1NC(=O)C(C)N1C(=O)c2cc(Cl)c(Cl)cc2C1=O. The van der Waals surface area contributed by atoms with E-state index in [1.165, 1.54) is 19.1 Å². The van der Waals surface area contributed by atoms with E-state index in [2.05, 4.69) is 5.32 Å². The second-order valence-electron chi connectivity index (χ2n) is 6.05. The number of hydrogen-bond acceptors (Lipinski definition) is 4. The fourth-order valence-electron chi connectivity index (χ4n) is 2.88. The molecule has 3 rings (SSSR count). The van der Waals surface area contributed by atoms with Gasteiger partial charge < -0.3 is 10.1 Å². The number of carbonyl (C=O) groups excluding carboxylic acids is 3. The summed E-state index contributed by atoms with van der Waals surface area (Å²) in [6.07, 6.45) is 0. The number of carbonyl (C=O) groups is 3. The number of anilines is 1. The first-order valence-electron chi connectivity index (χ1n) is 8.09. The Bertz CT molecular complexity index is 904. The number of amides is 3. The first kappa shape index (κ1) is 19.4. The lowest BCUT2D eigenvalue weighted by atomic mass is 10.1. The lowest BCUT2D eigenvalue weighted by molar-refractivity contribution is -0.119. The number of rotatable bonds is 5. The molecule has 1 unspecified atom stereocenters. The molecule has 2 aromatic carbocycles. The Balaban J connectivity index is 1.84. The van der Waals surface area contributed by atoms with Gasteiger partial charge in [-0.1, -0.05) is 41.4 Å². The third kappa shape index (κ3) is 3.56. The summed E-state index contributed by atoms with van der Waals surface area (Å²) in [5, 5.41) is 3.09. The van der Waals surface area contributed by atoms with Gasteiger partial charge in [0.2, 0.25) is 5.91 Å². The summed E-state index contributed by atoms with van der Waals surface area (Å²) in [5.74, 6) is -1.66. The van der Waals surface area contributed by atoms with Crippen molar-refractivity contribution in [3.05, 3.63) is 63.1 Å². The number of imide groups is 1. The maximum absolute atomic E-state index is 12.7. The molecular weight excluding hydrogens is 391 g/mol. The van der Waals surface area contributed by atoms with Crippen LogP contribution in [0.1, 0.15) is 33.2 Å². The van der Waals surface area contributed by atoms with Crippen LogP contribution in [0, 0.1) is 0 Å². The zero-order chi connectivity index (χ0) is 19.7. The molecule has 140 valence electrons. The fourth-order valence-corrected chi connectivity index (χ4v) is 3.21. The molecule has 6 nitrogen and oxygen atoms in total. The highest BCUT2D eigenvalue weighted by atomic mass is 35.5. The van der Waals surface area contributed by atoms with E-state index >= 15 is 0 Å². The molecule has 27 heavy (non-hydrogen) atoms. The minimum absolute atomic E-state index is 0.133. The molecule has 1 aliphatic rings. The highest BCUT2D eigenvalue weighted by Crippen LogP contribution is 2.32. The van der Waals surface area contributed by atoms with Gasteiger partial charge in [-0.25, -0.2) is 0 Å². The Morgan fingerprint density at radius 3 is 2.22 bits per heavy atom. The predicted molar refractivity (Wildman–Crippen MR) is 102 cm³/mol. The molecule has 1 N–H and O–H groups in total.